The molecule has 6 nitrogen and oxygen atoms in total. The van der Waals surface area contributed by atoms with E-state index in [0.717, 1.165) is 56.1 Å². The van der Waals surface area contributed by atoms with Crippen molar-refractivity contribution in [3.8, 4) is 0 Å². The molecule has 38 heavy (non-hydrogen) atoms. The molecule has 0 aromatic heterocycles. The van der Waals surface area contributed by atoms with Crippen LogP contribution in [-0.4, -0.2) is 55.5 Å². The van der Waals surface area contributed by atoms with Gasteiger partial charge in [0.2, 0.25) is 0 Å². The van der Waals surface area contributed by atoms with Gasteiger partial charge in [-0.05, 0) is 85.2 Å². The van der Waals surface area contributed by atoms with Crippen molar-refractivity contribution >= 4 is 11.8 Å². The van der Waals surface area contributed by atoms with E-state index in [9.17, 15) is 19.8 Å². The summed E-state index contributed by atoms with van der Waals surface area (Å²) in [4.78, 5) is 27.7. The first-order valence-corrected chi connectivity index (χ1v) is 14.6. The van der Waals surface area contributed by atoms with Gasteiger partial charge in [-0.15, -0.1) is 0 Å². The number of fused-ring (bicyclic) bond motifs is 7. The largest absolute Gasteiger partial charge is 0.469 e. The molecule has 5 aliphatic carbocycles. The van der Waals surface area contributed by atoms with Gasteiger partial charge in [0.1, 0.15) is 0 Å². The number of carbonyl (C=O) groups excluding carboxylic acids is 2. The Kier molecular flexibility index (Phi) is 6.65. The van der Waals surface area contributed by atoms with Crippen LogP contribution >= 0.6 is 0 Å². The van der Waals surface area contributed by atoms with E-state index in [4.69, 9.17) is 9.47 Å². The number of methoxy groups -OCH3 is 2. The Morgan fingerprint density at radius 2 is 1.76 bits per heavy atom. The number of allylic oxidation sites excluding steroid dienone is 3. The van der Waals surface area contributed by atoms with Gasteiger partial charge in [0.15, 0.2) is 5.78 Å². The summed E-state index contributed by atoms with van der Waals surface area (Å²) in [5, 5.41) is 21.1. The highest BCUT2D eigenvalue weighted by Crippen LogP contribution is 2.74. The van der Waals surface area contributed by atoms with E-state index >= 15 is 0 Å². The lowest BCUT2D eigenvalue weighted by Gasteiger charge is -2.69. The number of carbonyl (C=O) groups is 2. The molecule has 0 bridgehead atoms. The van der Waals surface area contributed by atoms with Crippen molar-refractivity contribution in [2.24, 2.45) is 50.7 Å². The number of rotatable bonds is 4. The number of hydrogen-bond acceptors (Lipinski definition) is 6. The van der Waals surface area contributed by atoms with Gasteiger partial charge in [-0.25, -0.2) is 0 Å². The van der Waals surface area contributed by atoms with Crippen LogP contribution in [0.4, 0.5) is 0 Å². The number of ether oxygens (including phenoxy) is 2. The highest BCUT2D eigenvalue weighted by atomic mass is 16.5. The number of aliphatic hydroxyl groups is 2. The van der Waals surface area contributed by atoms with E-state index in [-0.39, 0.29) is 59.7 Å². The van der Waals surface area contributed by atoms with E-state index < -0.39 is 16.2 Å². The minimum Gasteiger partial charge on any atom is -0.469 e. The molecule has 212 valence electrons. The molecular formula is C32H48O6. The molecule has 0 radical (unpaired) electrons. The Bertz CT molecular complexity index is 1080. The van der Waals surface area contributed by atoms with Crippen molar-refractivity contribution in [3.63, 3.8) is 0 Å². The molecule has 0 amide bonds. The molecule has 0 aliphatic heterocycles. The third-order valence-electron chi connectivity index (χ3n) is 12.9. The Balaban J connectivity index is 1.68. The van der Waals surface area contributed by atoms with Crippen LogP contribution in [0, 0.1) is 50.7 Å². The molecule has 10 atom stereocenters. The van der Waals surface area contributed by atoms with Crippen molar-refractivity contribution in [1.29, 1.82) is 0 Å². The lowest BCUT2D eigenvalue weighted by atomic mass is 9.34. The summed E-state index contributed by atoms with van der Waals surface area (Å²) in [6.07, 6.45) is 9.79. The third kappa shape index (κ3) is 3.29. The maximum absolute atomic E-state index is 14.4. The van der Waals surface area contributed by atoms with Crippen molar-refractivity contribution in [2.45, 2.75) is 85.7 Å². The molecule has 5 aliphatic rings. The summed E-state index contributed by atoms with van der Waals surface area (Å²) in [5.74, 6) is 0.330. The van der Waals surface area contributed by atoms with Gasteiger partial charge in [-0.1, -0.05) is 46.3 Å². The van der Waals surface area contributed by atoms with E-state index in [2.05, 4.69) is 40.7 Å². The second-order valence-electron chi connectivity index (χ2n) is 14.4. The fourth-order valence-corrected chi connectivity index (χ4v) is 10.8. The standard InChI is InChI=1S/C32H48O6/c1-19-8-11-32(27(36)38-7)13-12-31(5)25(21(32)14-19)22(35)15-24-28(2)16-20(17-33)26(37-6)29(3,18-34)23(28)9-10-30(24,31)4/h15-16,19,21,23,25-26,33-34H,8-14,17-18H2,1-7H3/t19?,21?,23?,25?,26?,28?,29-,30?,31+,32?/m0/s1. The molecular weight excluding hydrogens is 480 g/mol. The van der Waals surface area contributed by atoms with E-state index in [1.807, 2.05) is 6.08 Å². The zero-order valence-corrected chi connectivity index (χ0v) is 24.4. The topological polar surface area (TPSA) is 93.1 Å². The molecule has 2 N–H and O–H groups in total. The summed E-state index contributed by atoms with van der Waals surface area (Å²) in [6.45, 7) is 11.0. The van der Waals surface area contributed by atoms with Crippen LogP contribution < -0.4 is 0 Å². The first kappa shape index (κ1) is 28.0. The molecule has 3 saturated carbocycles. The highest BCUT2D eigenvalue weighted by molar-refractivity contribution is 5.96. The summed E-state index contributed by atoms with van der Waals surface area (Å²) < 4.78 is 11.3. The van der Waals surface area contributed by atoms with Crippen molar-refractivity contribution in [3.05, 3.63) is 23.3 Å². The molecule has 0 saturated heterocycles. The maximum Gasteiger partial charge on any atom is 0.312 e. The lowest BCUT2D eigenvalue weighted by Crippen LogP contribution is -2.66. The van der Waals surface area contributed by atoms with Crippen LogP contribution in [0.1, 0.15) is 79.6 Å². The maximum atomic E-state index is 14.4. The average Bonchev–Trinajstić information content (AvgIpc) is 2.89. The predicted octanol–water partition coefficient (Wildman–Crippen LogP) is 4.88. The van der Waals surface area contributed by atoms with Gasteiger partial charge in [0.25, 0.3) is 0 Å². The highest BCUT2D eigenvalue weighted by Gasteiger charge is 2.70. The summed E-state index contributed by atoms with van der Waals surface area (Å²) in [5.41, 5.74) is -0.250. The molecule has 0 aromatic rings. The van der Waals surface area contributed by atoms with Gasteiger partial charge >= 0.3 is 5.97 Å². The average molecular weight is 529 g/mol. The molecule has 0 aromatic carbocycles. The second kappa shape index (κ2) is 9.01. The molecule has 0 spiro atoms. The summed E-state index contributed by atoms with van der Waals surface area (Å²) in [7, 11) is 3.14. The number of esters is 1. The van der Waals surface area contributed by atoms with Crippen molar-refractivity contribution < 1.29 is 29.3 Å². The quantitative estimate of drug-likeness (QED) is 0.399. The predicted molar refractivity (Wildman–Crippen MR) is 145 cm³/mol. The van der Waals surface area contributed by atoms with Crippen molar-refractivity contribution in [2.75, 3.05) is 27.4 Å². The van der Waals surface area contributed by atoms with E-state index in [1.54, 1.807) is 7.11 Å². The first-order chi connectivity index (χ1) is 17.8. The van der Waals surface area contributed by atoms with Crippen LogP contribution in [0.3, 0.4) is 0 Å². The molecule has 8 unspecified atom stereocenters. The summed E-state index contributed by atoms with van der Waals surface area (Å²) in [6, 6.07) is 0. The Morgan fingerprint density at radius 1 is 1.05 bits per heavy atom. The Hall–Kier alpha value is -1.50. The van der Waals surface area contributed by atoms with Crippen LogP contribution in [-0.2, 0) is 19.1 Å². The van der Waals surface area contributed by atoms with Gasteiger partial charge in [0, 0.05) is 23.9 Å². The Labute approximate surface area is 228 Å². The minimum absolute atomic E-state index is 0.0133. The third-order valence-corrected chi connectivity index (χ3v) is 12.9. The van der Waals surface area contributed by atoms with Crippen molar-refractivity contribution in [1.82, 2.24) is 0 Å². The van der Waals surface area contributed by atoms with Gasteiger partial charge in [-0.3, -0.25) is 9.59 Å². The Morgan fingerprint density at radius 3 is 2.37 bits per heavy atom. The fourth-order valence-electron chi connectivity index (χ4n) is 10.8. The second-order valence-corrected chi connectivity index (χ2v) is 14.4. The molecule has 0 heterocycles. The van der Waals surface area contributed by atoms with E-state index in [0.29, 0.717) is 5.92 Å². The van der Waals surface area contributed by atoms with Crippen LogP contribution in [0.2, 0.25) is 0 Å². The summed E-state index contributed by atoms with van der Waals surface area (Å²) >= 11 is 0. The zero-order valence-electron chi connectivity index (χ0n) is 24.4. The SMILES string of the molecule is COC(=O)C12CCC(C)CC1C1C(=O)C=C3C4(C)C=C(CO)C(OC)[C@@](C)(CO)C4CCC3(C)[C@]1(C)CC2. The fraction of sp³-hybridized carbons (Fsp3) is 0.812. The van der Waals surface area contributed by atoms with Crippen LogP contribution in [0.5, 0.6) is 0 Å². The lowest BCUT2D eigenvalue weighted by molar-refractivity contribution is -0.189. The number of hydrogen-bond donors (Lipinski definition) is 2. The molecule has 3 fully saturated rings. The van der Waals surface area contributed by atoms with Crippen LogP contribution in [0.15, 0.2) is 23.3 Å². The normalized spacial score (nSPS) is 50.0. The monoisotopic (exact) mass is 528 g/mol. The van der Waals surface area contributed by atoms with E-state index in [1.165, 1.54) is 7.11 Å². The minimum atomic E-state index is -0.579. The molecule has 5 rings (SSSR count). The van der Waals surface area contributed by atoms with Gasteiger partial charge < -0.3 is 19.7 Å². The smallest absolute Gasteiger partial charge is 0.312 e. The first-order valence-electron chi connectivity index (χ1n) is 14.6. The molecule has 6 heteroatoms. The zero-order chi connectivity index (χ0) is 27.9. The number of aliphatic hydroxyl groups excluding tert-OH is 2. The van der Waals surface area contributed by atoms with Gasteiger partial charge in [-0.2, -0.15) is 0 Å². The van der Waals surface area contributed by atoms with Gasteiger partial charge in [0.05, 0.1) is 31.8 Å². The number of ketones is 1. The van der Waals surface area contributed by atoms with Crippen LogP contribution in [0.25, 0.3) is 0 Å².